The topological polar surface area (TPSA) is 72.6 Å². The van der Waals surface area contributed by atoms with E-state index in [9.17, 15) is 9.90 Å². The van der Waals surface area contributed by atoms with Crippen LogP contribution in [0.4, 0.5) is 0 Å². The molecule has 0 fully saturated rings. The summed E-state index contributed by atoms with van der Waals surface area (Å²) in [5.41, 5.74) is 5.87. The maximum Gasteiger partial charge on any atom is 0.335 e. The molecule has 7 heteroatoms. The van der Waals surface area contributed by atoms with Gasteiger partial charge in [-0.2, -0.15) is 0 Å². The van der Waals surface area contributed by atoms with Crippen LogP contribution >= 0.6 is 23.2 Å². The van der Waals surface area contributed by atoms with Crippen LogP contribution in [0.15, 0.2) is 77.3 Å². The average molecular weight is 575 g/mol. The molecular formula is C33H29Cl2NO4. The lowest BCUT2D eigenvalue weighted by Crippen LogP contribution is -2.04. The highest BCUT2D eigenvalue weighted by molar-refractivity contribution is 6.36. The van der Waals surface area contributed by atoms with Crippen molar-refractivity contribution in [2.75, 3.05) is 0 Å². The van der Waals surface area contributed by atoms with E-state index in [1.54, 1.807) is 6.07 Å². The van der Waals surface area contributed by atoms with Gasteiger partial charge in [0.05, 0.1) is 16.8 Å². The van der Waals surface area contributed by atoms with Gasteiger partial charge in [-0.3, -0.25) is 0 Å². The predicted octanol–water partition coefficient (Wildman–Crippen LogP) is 9.30. The monoisotopic (exact) mass is 573 g/mol. The Morgan fingerprint density at radius 3 is 2.30 bits per heavy atom. The lowest BCUT2D eigenvalue weighted by molar-refractivity contribution is 0.0696. The first-order chi connectivity index (χ1) is 19.2. The van der Waals surface area contributed by atoms with Crippen molar-refractivity contribution < 1.29 is 19.2 Å². The van der Waals surface area contributed by atoms with E-state index in [-0.39, 0.29) is 5.92 Å². The van der Waals surface area contributed by atoms with Crippen LogP contribution in [0.25, 0.3) is 21.9 Å². The standard InChI is InChI=1S/C33H29Cl2NO4/c1-19(2)32-28(31(36-40-32)16-15-27-29(34)5-4-6-30(27)35)18-39-24-11-7-21(8-12-24)22-9-13-25-20(3)26(33(37)38)14-10-23(25)17-22/h4-14,17,19H,15-16,18H2,1-3H3,(H,37,38). The van der Waals surface area contributed by atoms with Gasteiger partial charge in [0.2, 0.25) is 0 Å². The first-order valence-electron chi connectivity index (χ1n) is 13.1. The van der Waals surface area contributed by atoms with E-state index < -0.39 is 5.97 Å². The molecule has 0 saturated carbocycles. The summed E-state index contributed by atoms with van der Waals surface area (Å²) in [4.78, 5) is 11.5. The van der Waals surface area contributed by atoms with Crippen molar-refractivity contribution in [1.29, 1.82) is 0 Å². The van der Waals surface area contributed by atoms with Crippen molar-refractivity contribution in [3.05, 3.63) is 117 Å². The Kier molecular flexibility index (Phi) is 8.15. The number of rotatable bonds is 9. The second kappa shape index (κ2) is 11.7. The van der Waals surface area contributed by atoms with Gasteiger partial charge in [0.15, 0.2) is 0 Å². The van der Waals surface area contributed by atoms with Crippen molar-refractivity contribution in [3.63, 3.8) is 0 Å². The molecule has 40 heavy (non-hydrogen) atoms. The Morgan fingerprint density at radius 1 is 0.925 bits per heavy atom. The number of carboxylic acids is 1. The van der Waals surface area contributed by atoms with E-state index in [1.807, 2.05) is 67.6 Å². The first-order valence-corrected chi connectivity index (χ1v) is 13.9. The number of nitrogens with zero attached hydrogens (tertiary/aromatic N) is 1. The number of aromatic nitrogens is 1. The summed E-state index contributed by atoms with van der Waals surface area (Å²) in [6, 6.07) is 23.0. The fourth-order valence-corrected chi connectivity index (χ4v) is 5.56. The largest absolute Gasteiger partial charge is 0.489 e. The van der Waals surface area contributed by atoms with Crippen LogP contribution in [0.2, 0.25) is 10.0 Å². The zero-order valence-electron chi connectivity index (χ0n) is 22.5. The molecular weight excluding hydrogens is 545 g/mol. The van der Waals surface area contributed by atoms with Crippen molar-refractivity contribution in [2.45, 2.75) is 46.1 Å². The quantitative estimate of drug-likeness (QED) is 0.190. The number of carbonyl (C=O) groups is 1. The van der Waals surface area contributed by atoms with Gasteiger partial charge in [-0.05, 0) is 89.2 Å². The third-order valence-corrected chi connectivity index (χ3v) is 7.90. The van der Waals surface area contributed by atoms with Crippen LogP contribution in [0.1, 0.15) is 58.3 Å². The molecule has 0 aliphatic rings. The lowest BCUT2D eigenvalue weighted by Gasteiger charge is -2.11. The lowest BCUT2D eigenvalue weighted by atomic mass is 9.96. The molecule has 5 rings (SSSR count). The number of halogens is 2. The van der Waals surface area contributed by atoms with Crippen LogP contribution in [0.5, 0.6) is 5.75 Å². The summed E-state index contributed by atoms with van der Waals surface area (Å²) in [7, 11) is 0. The van der Waals surface area contributed by atoms with Crippen LogP contribution in [-0.4, -0.2) is 16.2 Å². The van der Waals surface area contributed by atoms with Gasteiger partial charge < -0.3 is 14.4 Å². The Morgan fingerprint density at radius 2 is 1.62 bits per heavy atom. The van der Waals surface area contributed by atoms with E-state index in [1.165, 1.54) is 0 Å². The number of hydrogen-bond acceptors (Lipinski definition) is 4. The molecule has 1 heterocycles. The van der Waals surface area contributed by atoms with E-state index in [2.05, 4.69) is 25.1 Å². The predicted molar refractivity (Wildman–Crippen MR) is 160 cm³/mol. The first kappa shape index (κ1) is 27.8. The second-order valence-electron chi connectivity index (χ2n) is 10.1. The highest BCUT2D eigenvalue weighted by Gasteiger charge is 2.20. The normalized spacial score (nSPS) is 11.3. The highest BCUT2D eigenvalue weighted by Crippen LogP contribution is 2.31. The van der Waals surface area contributed by atoms with E-state index in [0.717, 1.165) is 55.8 Å². The van der Waals surface area contributed by atoms with Crippen molar-refractivity contribution in [3.8, 4) is 16.9 Å². The highest BCUT2D eigenvalue weighted by atomic mass is 35.5. The molecule has 4 aromatic carbocycles. The van der Waals surface area contributed by atoms with Gasteiger partial charge in [-0.25, -0.2) is 4.79 Å². The Bertz CT molecular complexity index is 1670. The summed E-state index contributed by atoms with van der Waals surface area (Å²) < 4.78 is 11.9. The molecule has 204 valence electrons. The minimum atomic E-state index is -0.914. The Labute approximate surface area is 243 Å². The maximum absolute atomic E-state index is 11.5. The number of carboxylic acid groups (broad SMARTS) is 1. The van der Waals surface area contributed by atoms with Crippen LogP contribution in [-0.2, 0) is 19.4 Å². The number of aromatic carboxylic acids is 1. The Hall–Kier alpha value is -3.80. The van der Waals surface area contributed by atoms with Gasteiger partial charge in [0.1, 0.15) is 18.1 Å². The summed E-state index contributed by atoms with van der Waals surface area (Å²) in [6.07, 6.45) is 1.28. The number of benzene rings is 4. The van der Waals surface area contributed by atoms with Crippen molar-refractivity contribution in [1.82, 2.24) is 5.16 Å². The smallest absolute Gasteiger partial charge is 0.335 e. The Balaban J connectivity index is 1.32. The molecule has 0 atom stereocenters. The average Bonchev–Trinajstić information content (AvgIpc) is 3.35. The molecule has 5 nitrogen and oxygen atoms in total. The second-order valence-corrected chi connectivity index (χ2v) is 10.9. The molecule has 0 aliphatic carbocycles. The fourth-order valence-electron chi connectivity index (χ4n) is 4.97. The molecule has 0 radical (unpaired) electrons. The van der Waals surface area contributed by atoms with E-state index >= 15 is 0 Å². The van der Waals surface area contributed by atoms with Crippen LogP contribution in [0, 0.1) is 6.92 Å². The molecule has 5 aromatic rings. The molecule has 0 saturated heterocycles. The number of aryl methyl sites for hydroxylation is 2. The molecule has 0 spiro atoms. The molecule has 0 amide bonds. The van der Waals surface area contributed by atoms with Crippen molar-refractivity contribution >= 4 is 39.9 Å². The van der Waals surface area contributed by atoms with Gasteiger partial charge in [-0.15, -0.1) is 0 Å². The molecule has 0 unspecified atom stereocenters. The van der Waals surface area contributed by atoms with Gasteiger partial charge in [-0.1, -0.05) is 78.6 Å². The van der Waals surface area contributed by atoms with Crippen LogP contribution in [0.3, 0.4) is 0 Å². The zero-order valence-corrected chi connectivity index (χ0v) is 24.0. The molecule has 0 aliphatic heterocycles. The minimum absolute atomic E-state index is 0.161. The molecule has 0 bridgehead atoms. The van der Waals surface area contributed by atoms with Gasteiger partial charge in [0.25, 0.3) is 0 Å². The van der Waals surface area contributed by atoms with Gasteiger partial charge in [0, 0.05) is 16.0 Å². The van der Waals surface area contributed by atoms with Gasteiger partial charge >= 0.3 is 5.97 Å². The summed E-state index contributed by atoms with van der Waals surface area (Å²) in [5.74, 6) is 0.800. The molecule has 1 aromatic heterocycles. The fraction of sp³-hybridized carbons (Fsp3) is 0.212. The van der Waals surface area contributed by atoms with Crippen LogP contribution < -0.4 is 4.74 Å². The zero-order chi connectivity index (χ0) is 28.4. The summed E-state index contributed by atoms with van der Waals surface area (Å²) in [6.45, 7) is 6.32. The summed E-state index contributed by atoms with van der Waals surface area (Å²) in [5, 5.41) is 17.0. The summed E-state index contributed by atoms with van der Waals surface area (Å²) >= 11 is 12.7. The third-order valence-electron chi connectivity index (χ3n) is 7.19. The van der Waals surface area contributed by atoms with E-state index in [0.29, 0.717) is 35.1 Å². The number of fused-ring (bicyclic) bond motifs is 1. The van der Waals surface area contributed by atoms with E-state index in [4.69, 9.17) is 32.5 Å². The SMILES string of the molecule is Cc1c(C(=O)O)ccc2cc(-c3ccc(OCc4c(CCc5c(Cl)cccc5Cl)noc4C(C)C)cc3)ccc12. The van der Waals surface area contributed by atoms with Crippen molar-refractivity contribution in [2.24, 2.45) is 0 Å². The number of ether oxygens (including phenoxy) is 1. The third kappa shape index (κ3) is 5.72. The maximum atomic E-state index is 11.5. The number of hydrogen-bond donors (Lipinski definition) is 1. The molecule has 1 N–H and O–H groups in total. The minimum Gasteiger partial charge on any atom is -0.489 e.